The minimum atomic E-state index is -4.03. The van der Waals surface area contributed by atoms with Crippen molar-refractivity contribution in [3.63, 3.8) is 0 Å². The highest BCUT2D eigenvalue weighted by atomic mass is 32.2. The van der Waals surface area contributed by atoms with Crippen LogP contribution in [0.2, 0.25) is 0 Å². The van der Waals surface area contributed by atoms with E-state index in [0.717, 1.165) is 20.6 Å². The lowest BCUT2D eigenvalue weighted by molar-refractivity contribution is -0.141. The molecule has 9 heteroatoms. The van der Waals surface area contributed by atoms with Gasteiger partial charge in [-0.2, -0.15) is 4.31 Å². The van der Waals surface area contributed by atoms with E-state index in [2.05, 4.69) is 5.32 Å². The van der Waals surface area contributed by atoms with E-state index in [4.69, 9.17) is 0 Å². The molecule has 7 nitrogen and oxygen atoms in total. The lowest BCUT2D eigenvalue weighted by Gasteiger charge is -2.33. The number of nitrogens with zero attached hydrogens (tertiary/aromatic N) is 2. The van der Waals surface area contributed by atoms with Crippen LogP contribution in [0.25, 0.3) is 10.8 Å². The van der Waals surface area contributed by atoms with Gasteiger partial charge in [-0.1, -0.05) is 72.8 Å². The maximum atomic E-state index is 13.9. The van der Waals surface area contributed by atoms with Gasteiger partial charge in [0.05, 0.1) is 11.4 Å². The van der Waals surface area contributed by atoms with E-state index in [-0.39, 0.29) is 29.8 Å². The number of halogens is 1. The van der Waals surface area contributed by atoms with Crippen molar-refractivity contribution in [2.75, 3.05) is 13.6 Å². The molecule has 1 N–H and O–H groups in total. The molecule has 0 unspecified atom stereocenters. The minimum absolute atomic E-state index is 0.00795. The molecule has 0 saturated carbocycles. The van der Waals surface area contributed by atoms with E-state index in [9.17, 15) is 22.4 Å². The summed E-state index contributed by atoms with van der Waals surface area (Å²) in [5, 5.41) is 4.56. The maximum Gasteiger partial charge on any atom is 0.243 e. The summed E-state index contributed by atoms with van der Waals surface area (Å²) in [4.78, 5) is 28.8. The normalized spacial score (nSPS) is 12.4. The summed E-state index contributed by atoms with van der Waals surface area (Å²) in [6.07, 6.45) is 0.216. The average molecular weight is 576 g/mol. The first kappa shape index (κ1) is 29.9. The van der Waals surface area contributed by atoms with Crippen LogP contribution in [0.5, 0.6) is 0 Å². The van der Waals surface area contributed by atoms with E-state index in [1.807, 2.05) is 68.4 Å². The van der Waals surface area contributed by atoms with Gasteiger partial charge in [0.2, 0.25) is 21.8 Å². The summed E-state index contributed by atoms with van der Waals surface area (Å²) in [5.74, 6) is -1.34. The molecule has 0 aliphatic heterocycles. The second-order valence-electron chi connectivity index (χ2n) is 10.3. The quantitative estimate of drug-likeness (QED) is 0.279. The van der Waals surface area contributed by atoms with Crippen molar-refractivity contribution < 1.29 is 22.4 Å². The molecular weight excluding hydrogens is 541 g/mol. The van der Waals surface area contributed by atoms with Gasteiger partial charge in [0.15, 0.2) is 0 Å². The van der Waals surface area contributed by atoms with Gasteiger partial charge in [-0.15, -0.1) is 0 Å². The summed E-state index contributed by atoms with van der Waals surface area (Å²) in [6.45, 7) is 3.16. The highest BCUT2D eigenvalue weighted by Gasteiger charge is 2.33. The topological polar surface area (TPSA) is 86.8 Å². The molecule has 214 valence electrons. The monoisotopic (exact) mass is 575 g/mol. The molecule has 0 radical (unpaired) electrons. The number of hydrogen-bond donors (Lipinski definition) is 1. The third kappa shape index (κ3) is 7.56. The Morgan fingerprint density at radius 1 is 0.829 bits per heavy atom. The summed E-state index contributed by atoms with van der Waals surface area (Å²) in [5.41, 5.74) is 1.45. The summed E-state index contributed by atoms with van der Waals surface area (Å²) >= 11 is 0. The Morgan fingerprint density at radius 3 is 2.12 bits per heavy atom. The van der Waals surface area contributed by atoms with Crippen molar-refractivity contribution in [2.45, 2.75) is 43.8 Å². The number of sulfonamides is 1. The molecule has 1 atom stereocenters. The van der Waals surface area contributed by atoms with Gasteiger partial charge >= 0.3 is 0 Å². The van der Waals surface area contributed by atoms with Gasteiger partial charge in [0.1, 0.15) is 11.9 Å². The fraction of sp³-hybridized carbons (Fsp3) is 0.250. The minimum Gasteiger partial charge on any atom is -0.352 e. The van der Waals surface area contributed by atoms with Crippen LogP contribution in [0.1, 0.15) is 25.0 Å². The van der Waals surface area contributed by atoms with E-state index in [1.54, 1.807) is 24.3 Å². The van der Waals surface area contributed by atoms with Crippen molar-refractivity contribution in [1.82, 2.24) is 14.5 Å². The largest absolute Gasteiger partial charge is 0.352 e. The number of nitrogens with one attached hydrogen (secondary N) is 1. The highest BCUT2D eigenvalue weighted by molar-refractivity contribution is 7.89. The Balaban J connectivity index is 1.66. The predicted octanol–water partition coefficient (Wildman–Crippen LogP) is 4.76. The summed E-state index contributed by atoms with van der Waals surface area (Å²) in [7, 11) is -2.68. The van der Waals surface area contributed by atoms with Crippen LogP contribution in [0.3, 0.4) is 0 Å². The van der Waals surface area contributed by atoms with Gasteiger partial charge < -0.3 is 10.2 Å². The number of benzene rings is 4. The van der Waals surface area contributed by atoms with Crippen LogP contribution in [-0.4, -0.2) is 55.1 Å². The van der Waals surface area contributed by atoms with Crippen molar-refractivity contribution in [3.8, 4) is 0 Å². The van der Waals surface area contributed by atoms with Gasteiger partial charge in [0, 0.05) is 26.1 Å². The smallest absolute Gasteiger partial charge is 0.243 e. The molecule has 41 heavy (non-hydrogen) atoms. The molecule has 0 aliphatic rings. The third-order valence-corrected chi connectivity index (χ3v) is 8.55. The van der Waals surface area contributed by atoms with Crippen LogP contribution in [0.4, 0.5) is 4.39 Å². The van der Waals surface area contributed by atoms with Crippen molar-refractivity contribution in [3.05, 3.63) is 114 Å². The number of carbonyl (C=O) groups excluding carboxylic acids is 2. The molecule has 0 aromatic heterocycles. The fourth-order valence-corrected chi connectivity index (χ4v) is 5.75. The molecule has 0 bridgehead atoms. The Bertz CT molecular complexity index is 1610. The fourth-order valence-electron chi connectivity index (χ4n) is 4.60. The predicted molar refractivity (Wildman–Crippen MR) is 158 cm³/mol. The average Bonchev–Trinajstić information content (AvgIpc) is 2.95. The zero-order valence-electron chi connectivity index (χ0n) is 23.3. The number of hydrogen-bond acceptors (Lipinski definition) is 4. The zero-order valence-corrected chi connectivity index (χ0v) is 24.1. The molecular formula is C32H34FN3O4S. The molecule has 4 aromatic rings. The van der Waals surface area contributed by atoms with Crippen molar-refractivity contribution in [2.24, 2.45) is 0 Å². The molecule has 4 aromatic carbocycles. The molecule has 0 saturated heterocycles. The van der Waals surface area contributed by atoms with E-state index < -0.39 is 34.3 Å². The summed E-state index contributed by atoms with van der Waals surface area (Å²) in [6, 6.07) is 26.1. The molecule has 0 aliphatic carbocycles. The van der Waals surface area contributed by atoms with Crippen LogP contribution in [0.15, 0.2) is 102 Å². The molecule has 0 fully saturated rings. The van der Waals surface area contributed by atoms with Crippen LogP contribution >= 0.6 is 0 Å². The molecule has 0 spiro atoms. The number of amides is 2. The summed E-state index contributed by atoms with van der Waals surface area (Å²) < 4.78 is 41.6. The van der Waals surface area contributed by atoms with Crippen LogP contribution in [0, 0.1) is 5.82 Å². The van der Waals surface area contributed by atoms with Crippen molar-refractivity contribution >= 4 is 32.6 Å². The first-order chi connectivity index (χ1) is 19.5. The molecule has 0 heterocycles. The Hall–Kier alpha value is -4.08. The number of carbonyl (C=O) groups is 2. The lowest BCUT2D eigenvalue weighted by Crippen LogP contribution is -2.53. The number of fused-ring (bicyclic) bond motifs is 1. The van der Waals surface area contributed by atoms with Crippen LogP contribution < -0.4 is 5.32 Å². The number of rotatable bonds is 11. The second-order valence-corrected chi connectivity index (χ2v) is 12.3. The van der Waals surface area contributed by atoms with Gasteiger partial charge in [0.25, 0.3) is 0 Å². The zero-order chi connectivity index (χ0) is 29.6. The van der Waals surface area contributed by atoms with Crippen molar-refractivity contribution in [1.29, 1.82) is 0 Å². The molecule has 4 rings (SSSR count). The van der Waals surface area contributed by atoms with E-state index in [0.29, 0.717) is 5.56 Å². The lowest BCUT2D eigenvalue weighted by atomic mass is 10.0. The Kier molecular flexibility index (Phi) is 9.52. The first-order valence-electron chi connectivity index (χ1n) is 13.4. The Morgan fingerprint density at radius 2 is 1.46 bits per heavy atom. The SMILES string of the molecule is CC(C)NC(=O)[C@@H](Cc1ccccc1)N(Cc1ccc(F)cc1)C(=O)CN(C)S(=O)(=O)c1ccc2ccccc2c1. The first-order valence-corrected chi connectivity index (χ1v) is 14.8. The third-order valence-electron chi connectivity index (χ3n) is 6.76. The maximum absolute atomic E-state index is 13.9. The standard InChI is InChI=1S/C32H34FN3O4S/c1-23(2)34-32(38)30(19-24-9-5-4-6-10-24)36(21-25-13-16-28(33)17-14-25)31(37)22-35(3)41(39,40)29-18-15-26-11-7-8-12-27(26)20-29/h4-18,20,23,30H,19,21-22H2,1-3H3,(H,34,38)/t30-/m1/s1. The van der Waals surface area contributed by atoms with Gasteiger partial charge in [-0.05, 0) is 60.0 Å². The van der Waals surface area contributed by atoms with Crippen LogP contribution in [-0.2, 0) is 32.6 Å². The second kappa shape index (κ2) is 13.1. The van der Waals surface area contributed by atoms with E-state index in [1.165, 1.54) is 30.1 Å². The van der Waals surface area contributed by atoms with Gasteiger partial charge in [-0.25, -0.2) is 12.8 Å². The highest BCUT2D eigenvalue weighted by Crippen LogP contribution is 2.22. The Labute approximate surface area is 240 Å². The van der Waals surface area contributed by atoms with E-state index >= 15 is 0 Å². The number of likely N-dealkylation sites (N-methyl/N-ethyl adjacent to an activating group) is 1. The molecule has 2 amide bonds. The van der Waals surface area contributed by atoms with Gasteiger partial charge in [-0.3, -0.25) is 9.59 Å².